The van der Waals surface area contributed by atoms with Gasteiger partial charge in [0.25, 0.3) is 0 Å². The van der Waals surface area contributed by atoms with E-state index in [0.29, 0.717) is 4.70 Å². The minimum atomic E-state index is -0.774. The maximum atomic E-state index is 13.0. The van der Waals surface area contributed by atoms with Crippen molar-refractivity contribution in [2.24, 2.45) is 0 Å². The van der Waals surface area contributed by atoms with Gasteiger partial charge in [0.1, 0.15) is 0 Å². The molecule has 3 heteroatoms. The number of thiophene rings is 1. The van der Waals surface area contributed by atoms with Crippen LogP contribution in [0.25, 0.3) is 10.1 Å². The van der Waals surface area contributed by atoms with Gasteiger partial charge in [-0.3, -0.25) is 0 Å². The van der Waals surface area contributed by atoms with Gasteiger partial charge < -0.3 is 0 Å². The molecule has 2 rings (SSSR count). The summed E-state index contributed by atoms with van der Waals surface area (Å²) >= 11 is 1.24. The molecule has 1 aromatic carbocycles. The fraction of sp³-hybridized carbons (Fsp3) is 0.111. The summed E-state index contributed by atoms with van der Waals surface area (Å²) in [5.41, 5.74) is 0.994. The van der Waals surface area contributed by atoms with Crippen LogP contribution in [0.1, 0.15) is 5.56 Å². The molecule has 0 atom stereocenters. The SMILES string of the molecule is Cc1csc2c(F)c(F)ccc12. The van der Waals surface area contributed by atoms with E-state index < -0.39 is 11.6 Å². The number of hydrogen-bond acceptors (Lipinski definition) is 1. The number of benzene rings is 1. The summed E-state index contributed by atoms with van der Waals surface area (Å²) in [7, 11) is 0. The van der Waals surface area contributed by atoms with E-state index in [9.17, 15) is 8.78 Å². The van der Waals surface area contributed by atoms with E-state index >= 15 is 0 Å². The van der Waals surface area contributed by atoms with Crippen molar-refractivity contribution in [1.29, 1.82) is 0 Å². The summed E-state index contributed by atoms with van der Waals surface area (Å²) in [6, 6.07) is 2.77. The van der Waals surface area contributed by atoms with Crippen LogP contribution >= 0.6 is 11.3 Å². The highest BCUT2D eigenvalue weighted by molar-refractivity contribution is 7.17. The van der Waals surface area contributed by atoms with E-state index in [1.807, 2.05) is 12.3 Å². The van der Waals surface area contributed by atoms with Gasteiger partial charge in [0.2, 0.25) is 0 Å². The number of rotatable bonds is 0. The Morgan fingerprint density at radius 1 is 1.25 bits per heavy atom. The van der Waals surface area contributed by atoms with Crippen molar-refractivity contribution in [3.63, 3.8) is 0 Å². The first-order chi connectivity index (χ1) is 5.70. The third-order valence-corrected chi connectivity index (χ3v) is 2.93. The standard InChI is InChI=1S/C9H6F2S/c1-5-4-12-9-6(5)2-3-7(10)8(9)11/h2-4H,1H3. The quantitative estimate of drug-likeness (QED) is 0.588. The lowest BCUT2D eigenvalue weighted by Gasteiger charge is -1.94. The smallest absolute Gasteiger partial charge is 0.176 e. The van der Waals surface area contributed by atoms with Gasteiger partial charge in [-0.1, -0.05) is 6.07 Å². The molecule has 62 valence electrons. The van der Waals surface area contributed by atoms with Gasteiger partial charge >= 0.3 is 0 Å². The van der Waals surface area contributed by atoms with Gasteiger partial charge in [-0.15, -0.1) is 11.3 Å². The van der Waals surface area contributed by atoms with Crippen LogP contribution < -0.4 is 0 Å². The summed E-state index contributed by atoms with van der Waals surface area (Å²) in [6.45, 7) is 1.89. The van der Waals surface area contributed by atoms with Crippen LogP contribution in [0.3, 0.4) is 0 Å². The summed E-state index contributed by atoms with van der Waals surface area (Å²) in [5.74, 6) is -1.50. The normalized spacial score (nSPS) is 10.9. The van der Waals surface area contributed by atoms with E-state index in [2.05, 4.69) is 0 Å². The van der Waals surface area contributed by atoms with Crippen molar-refractivity contribution in [3.8, 4) is 0 Å². The fourth-order valence-corrected chi connectivity index (χ4v) is 2.15. The zero-order valence-corrected chi connectivity index (χ0v) is 7.21. The predicted octanol–water partition coefficient (Wildman–Crippen LogP) is 3.49. The average Bonchev–Trinajstić information content (AvgIpc) is 2.41. The summed E-state index contributed by atoms with van der Waals surface area (Å²) in [4.78, 5) is 0. The van der Waals surface area contributed by atoms with E-state index in [4.69, 9.17) is 0 Å². The molecule has 0 aliphatic carbocycles. The van der Waals surface area contributed by atoms with Gasteiger partial charge in [0, 0.05) is 0 Å². The molecule has 0 fully saturated rings. The van der Waals surface area contributed by atoms with Crippen molar-refractivity contribution in [1.82, 2.24) is 0 Å². The molecule has 0 aliphatic heterocycles. The molecule has 12 heavy (non-hydrogen) atoms. The Hall–Kier alpha value is -0.960. The first-order valence-corrected chi connectivity index (χ1v) is 4.40. The molecular weight excluding hydrogens is 178 g/mol. The van der Waals surface area contributed by atoms with Crippen LogP contribution in [-0.4, -0.2) is 0 Å². The molecular formula is C9H6F2S. The second-order valence-electron chi connectivity index (χ2n) is 2.66. The van der Waals surface area contributed by atoms with E-state index in [1.165, 1.54) is 11.3 Å². The highest BCUT2D eigenvalue weighted by Crippen LogP contribution is 2.28. The topological polar surface area (TPSA) is 0 Å². The maximum Gasteiger partial charge on any atom is 0.176 e. The molecule has 0 unspecified atom stereocenters. The van der Waals surface area contributed by atoms with Crippen molar-refractivity contribution >= 4 is 21.4 Å². The third kappa shape index (κ3) is 0.932. The Kier molecular flexibility index (Phi) is 1.61. The molecule has 0 saturated heterocycles. The largest absolute Gasteiger partial charge is 0.204 e. The van der Waals surface area contributed by atoms with E-state index in [-0.39, 0.29) is 0 Å². The fourth-order valence-electron chi connectivity index (χ4n) is 1.17. The summed E-state index contributed by atoms with van der Waals surface area (Å²) in [5, 5.41) is 2.63. The Bertz CT molecular complexity index is 431. The Labute approximate surface area is 72.4 Å². The number of halogens is 2. The zero-order chi connectivity index (χ0) is 8.72. The van der Waals surface area contributed by atoms with Crippen LogP contribution in [0.4, 0.5) is 8.78 Å². The van der Waals surface area contributed by atoms with E-state index in [0.717, 1.165) is 17.0 Å². The molecule has 0 saturated carbocycles. The minimum Gasteiger partial charge on any atom is -0.204 e. The Morgan fingerprint density at radius 3 is 2.75 bits per heavy atom. The summed E-state index contributed by atoms with van der Waals surface area (Å²) in [6.07, 6.45) is 0. The number of aryl methyl sites for hydroxylation is 1. The third-order valence-electron chi connectivity index (χ3n) is 1.83. The van der Waals surface area contributed by atoms with Crippen LogP contribution in [0.5, 0.6) is 0 Å². The van der Waals surface area contributed by atoms with Gasteiger partial charge in [-0.2, -0.15) is 0 Å². The first kappa shape index (κ1) is 7.68. The van der Waals surface area contributed by atoms with Crippen LogP contribution in [-0.2, 0) is 0 Å². The Morgan fingerprint density at radius 2 is 2.00 bits per heavy atom. The molecule has 0 spiro atoms. The van der Waals surface area contributed by atoms with Crippen LogP contribution in [0.2, 0.25) is 0 Å². The molecule has 0 radical (unpaired) electrons. The molecule has 1 aromatic heterocycles. The first-order valence-electron chi connectivity index (χ1n) is 3.52. The lowest BCUT2D eigenvalue weighted by molar-refractivity contribution is 0.518. The molecule has 0 nitrogen and oxygen atoms in total. The average molecular weight is 184 g/mol. The summed E-state index contributed by atoms with van der Waals surface area (Å²) < 4.78 is 26.1. The minimum absolute atomic E-state index is 0.410. The van der Waals surface area contributed by atoms with Crippen molar-refractivity contribution in [3.05, 3.63) is 34.7 Å². The molecule has 0 aliphatic rings. The van der Waals surface area contributed by atoms with Crippen molar-refractivity contribution in [2.75, 3.05) is 0 Å². The van der Waals surface area contributed by atoms with Crippen LogP contribution in [0.15, 0.2) is 17.5 Å². The number of hydrogen-bond donors (Lipinski definition) is 0. The van der Waals surface area contributed by atoms with Crippen molar-refractivity contribution < 1.29 is 8.78 Å². The lowest BCUT2D eigenvalue weighted by atomic mass is 10.2. The predicted molar refractivity (Wildman–Crippen MR) is 46.5 cm³/mol. The van der Waals surface area contributed by atoms with Gasteiger partial charge in [-0.05, 0) is 29.3 Å². The zero-order valence-electron chi connectivity index (χ0n) is 6.40. The maximum absolute atomic E-state index is 13.0. The molecule has 2 aromatic rings. The van der Waals surface area contributed by atoms with Crippen LogP contribution in [0, 0.1) is 18.6 Å². The molecule has 0 N–H and O–H groups in total. The highest BCUT2D eigenvalue weighted by atomic mass is 32.1. The van der Waals surface area contributed by atoms with Gasteiger partial charge in [-0.25, -0.2) is 8.78 Å². The lowest BCUT2D eigenvalue weighted by Crippen LogP contribution is -1.81. The van der Waals surface area contributed by atoms with Crippen molar-refractivity contribution in [2.45, 2.75) is 6.92 Å². The monoisotopic (exact) mass is 184 g/mol. The molecule has 0 amide bonds. The van der Waals surface area contributed by atoms with Gasteiger partial charge in [0.05, 0.1) is 4.70 Å². The molecule has 1 heterocycles. The molecule has 0 bridgehead atoms. The second kappa shape index (κ2) is 2.52. The van der Waals surface area contributed by atoms with E-state index in [1.54, 1.807) is 6.07 Å². The number of fused-ring (bicyclic) bond motifs is 1. The highest BCUT2D eigenvalue weighted by Gasteiger charge is 2.09. The van der Waals surface area contributed by atoms with Gasteiger partial charge in [0.15, 0.2) is 11.6 Å². The Balaban J connectivity index is 2.93. The second-order valence-corrected chi connectivity index (χ2v) is 3.54.